The number of methoxy groups -OCH3 is 1. The molecule has 0 aliphatic heterocycles. The lowest BCUT2D eigenvalue weighted by Gasteiger charge is -2.06. The predicted octanol–water partition coefficient (Wildman–Crippen LogP) is 0.541. The molecule has 7 heteroatoms. The topological polar surface area (TPSA) is 96.3 Å². The summed E-state index contributed by atoms with van der Waals surface area (Å²) in [4.78, 5) is 10.8. The molecule has 0 heterocycles. The first kappa shape index (κ1) is 15.1. The number of nitrogens with zero attached hydrogens (tertiary/aromatic N) is 1. The Hall–Kier alpha value is -1.91. The lowest BCUT2D eigenvalue weighted by Crippen LogP contribution is -2.27. The molecular weight excluding hydrogens is 268 g/mol. The van der Waals surface area contributed by atoms with Crippen LogP contribution in [0, 0.1) is 11.3 Å². The molecule has 0 amide bonds. The van der Waals surface area contributed by atoms with E-state index in [0.29, 0.717) is 11.1 Å². The Bertz CT molecular complexity index is 573. The molecular formula is C12H14N2O4S. The van der Waals surface area contributed by atoms with Gasteiger partial charge in [-0.05, 0) is 17.7 Å². The minimum Gasteiger partial charge on any atom is -0.469 e. The summed E-state index contributed by atoms with van der Waals surface area (Å²) in [6.07, 6.45) is -0.0108. The lowest BCUT2D eigenvalue weighted by atomic mass is 10.2. The van der Waals surface area contributed by atoms with Crippen LogP contribution in [0.4, 0.5) is 0 Å². The van der Waals surface area contributed by atoms with Crippen LogP contribution in [0.15, 0.2) is 24.3 Å². The number of benzene rings is 1. The molecule has 0 unspecified atom stereocenters. The maximum absolute atomic E-state index is 11.7. The molecule has 1 N–H and O–H groups in total. The van der Waals surface area contributed by atoms with Crippen LogP contribution < -0.4 is 4.72 Å². The Morgan fingerprint density at radius 2 is 2.00 bits per heavy atom. The van der Waals surface area contributed by atoms with Crippen molar-refractivity contribution >= 4 is 16.0 Å². The number of nitriles is 1. The number of rotatable bonds is 6. The second kappa shape index (κ2) is 6.87. The van der Waals surface area contributed by atoms with Crippen molar-refractivity contribution in [2.24, 2.45) is 0 Å². The van der Waals surface area contributed by atoms with Crippen LogP contribution in [0.5, 0.6) is 0 Å². The van der Waals surface area contributed by atoms with E-state index >= 15 is 0 Å². The zero-order valence-corrected chi connectivity index (χ0v) is 11.2. The van der Waals surface area contributed by atoms with Crippen LogP contribution >= 0.6 is 0 Å². The normalized spacial score (nSPS) is 10.7. The standard InChI is InChI=1S/C12H14N2O4S/c1-18-12(15)6-7-14-19(16,17)9-11-4-2-10(8-13)3-5-11/h2-5,14H,6-7,9H2,1H3. The van der Waals surface area contributed by atoms with Crippen molar-refractivity contribution in [2.45, 2.75) is 12.2 Å². The molecule has 0 aliphatic rings. The Kier molecular flexibility index (Phi) is 5.48. The van der Waals surface area contributed by atoms with Crippen molar-refractivity contribution in [1.82, 2.24) is 4.72 Å². The fourth-order valence-corrected chi connectivity index (χ4v) is 2.50. The number of nitrogens with one attached hydrogen (secondary N) is 1. The van der Waals surface area contributed by atoms with Crippen LogP contribution in [-0.4, -0.2) is 28.0 Å². The summed E-state index contributed by atoms with van der Waals surface area (Å²) in [5.41, 5.74) is 1.05. The first-order chi connectivity index (χ1) is 8.96. The van der Waals surface area contributed by atoms with Crippen LogP contribution in [0.1, 0.15) is 17.5 Å². The maximum Gasteiger partial charge on any atom is 0.306 e. The van der Waals surface area contributed by atoms with Gasteiger partial charge in [-0.2, -0.15) is 5.26 Å². The molecule has 1 rings (SSSR count). The summed E-state index contributed by atoms with van der Waals surface area (Å²) in [5.74, 6) is -0.666. The highest BCUT2D eigenvalue weighted by Crippen LogP contribution is 2.07. The quantitative estimate of drug-likeness (QED) is 0.768. The highest BCUT2D eigenvalue weighted by atomic mass is 32.2. The molecule has 0 saturated carbocycles. The molecule has 0 aromatic heterocycles. The van der Waals surface area contributed by atoms with Gasteiger partial charge in [-0.15, -0.1) is 0 Å². The molecule has 0 radical (unpaired) electrons. The predicted molar refractivity (Wildman–Crippen MR) is 68.4 cm³/mol. The highest BCUT2D eigenvalue weighted by molar-refractivity contribution is 7.88. The van der Waals surface area contributed by atoms with Crippen molar-refractivity contribution in [3.05, 3.63) is 35.4 Å². The number of carbonyl (C=O) groups is 1. The van der Waals surface area contributed by atoms with E-state index in [-0.39, 0.29) is 18.7 Å². The van der Waals surface area contributed by atoms with E-state index in [2.05, 4.69) is 9.46 Å². The molecule has 0 spiro atoms. The van der Waals surface area contributed by atoms with E-state index in [9.17, 15) is 13.2 Å². The van der Waals surface area contributed by atoms with Crippen LogP contribution in [0.25, 0.3) is 0 Å². The summed E-state index contributed by atoms with van der Waals surface area (Å²) in [6, 6.07) is 8.23. The third kappa shape index (κ3) is 5.50. The van der Waals surface area contributed by atoms with E-state index < -0.39 is 16.0 Å². The molecule has 6 nitrogen and oxygen atoms in total. The summed E-state index contributed by atoms with van der Waals surface area (Å²) in [5, 5.41) is 8.63. The van der Waals surface area contributed by atoms with Gasteiger partial charge in [0.15, 0.2) is 0 Å². The molecule has 0 saturated heterocycles. The van der Waals surface area contributed by atoms with E-state index in [1.165, 1.54) is 7.11 Å². The summed E-state index contributed by atoms with van der Waals surface area (Å²) in [6.45, 7) is 0.00524. The Balaban J connectivity index is 2.54. The third-order valence-electron chi connectivity index (χ3n) is 2.32. The molecule has 0 aliphatic carbocycles. The average Bonchev–Trinajstić information content (AvgIpc) is 2.38. The van der Waals surface area contributed by atoms with Crippen molar-refractivity contribution in [1.29, 1.82) is 5.26 Å². The van der Waals surface area contributed by atoms with E-state index in [0.717, 1.165) is 0 Å². The van der Waals surface area contributed by atoms with Crippen LogP contribution in [0.2, 0.25) is 0 Å². The number of sulfonamides is 1. The van der Waals surface area contributed by atoms with Crippen molar-refractivity contribution in [2.75, 3.05) is 13.7 Å². The number of carbonyl (C=O) groups excluding carboxylic acids is 1. The monoisotopic (exact) mass is 282 g/mol. The van der Waals surface area contributed by atoms with E-state index in [1.807, 2.05) is 6.07 Å². The second-order valence-electron chi connectivity index (χ2n) is 3.79. The molecule has 1 aromatic carbocycles. The Morgan fingerprint density at radius 1 is 1.37 bits per heavy atom. The van der Waals surface area contributed by atoms with Gasteiger partial charge >= 0.3 is 5.97 Å². The summed E-state index contributed by atoms with van der Waals surface area (Å²) < 4.78 is 30.1. The van der Waals surface area contributed by atoms with Crippen LogP contribution in [0.3, 0.4) is 0 Å². The second-order valence-corrected chi connectivity index (χ2v) is 5.60. The summed E-state index contributed by atoms with van der Waals surface area (Å²) >= 11 is 0. The molecule has 102 valence electrons. The average molecular weight is 282 g/mol. The molecule has 19 heavy (non-hydrogen) atoms. The van der Waals surface area contributed by atoms with Gasteiger partial charge in [0.2, 0.25) is 10.0 Å². The summed E-state index contributed by atoms with van der Waals surface area (Å²) in [7, 11) is -2.26. The number of hydrogen-bond donors (Lipinski definition) is 1. The molecule has 0 bridgehead atoms. The van der Waals surface area contributed by atoms with Crippen molar-refractivity contribution in [3.63, 3.8) is 0 Å². The lowest BCUT2D eigenvalue weighted by molar-refractivity contribution is -0.140. The first-order valence-corrected chi connectivity index (χ1v) is 7.15. The minimum absolute atomic E-state index is 0.00524. The van der Waals surface area contributed by atoms with Crippen molar-refractivity contribution in [3.8, 4) is 6.07 Å². The van der Waals surface area contributed by atoms with Crippen molar-refractivity contribution < 1.29 is 17.9 Å². The molecule has 0 atom stereocenters. The molecule has 1 aromatic rings. The SMILES string of the molecule is COC(=O)CCNS(=O)(=O)Cc1ccc(C#N)cc1. The zero-order chi connectivity index (χ0) is 14.3. The van der Waals surface area contributed by atoms with Gasteiger partial charge in [-0.25, -0.2) is 13.1 Å². The maximum atomic E-state index is 11.7. The first-order valence-electron chi connectivity index (χ1n) is 5.50. The molecule has 0 fully saturated rings. The van der Waals surface area contributed by atoms with E-state index in [4.69, 9.17) is 5.26 Å². The highest BCUT2D eigenvalue weighted by Gasteiger charge is 2.12. The minimum atomic E-state index is -3.50. The van der Waals surface area contributed by atoms with Gasteiger partial charge in [0.25, 0.3) is 0 Å². The van der Waals surface area contributed by atoms with Gasteiger partial charge in [-0.1, -0.05) is 12.1 Å². The van der Waals surface area contributed by atoms with E-state index in [1.54, 1.807) is 24.3 Å². The van der Waals surface area contributed by atoms with Gasteiger partial charge in [0.05, 0.1) is 30.9 Å². The zero-order valence-electron chi connectivity index (χ0n) is 10.4. The fraction of sp³-hybridized carbons (Fsp3) is 0.333. The van der Waals surface area contributed by atoms with Gasteiger partial charge < -0.3 is 4.74 Å². The van der Waals surface area contributed by atoms with Gasteiger partial charge in [0, 0.05) is 6.54 Å². The Labute approximate surface area is 112 Å². The third-order valence-corrected chi connectivity index (χ3v) is 3.68. The van der Waals surface area contributed by atoms with Gasteiger partial charge in [-0.3, -0.25) is 4.79 Å². The smallest absolute Gasteiger partial charge is 0.306 e. The fourth-order valence-electron chi connectivity index (χ4n) is 1.36. The largest absolute Gasteiger partial charge is 0.469 e. The van der Waals surface area contributed by atoms with Crippen LogP contribution in [-0.2, 0) is 25.3 Å². The number of ether oxygens (including phenoxy) is 1. The number of hydrogen-bond acceptors (Lipinski definition) is 5. The Morgan fingerprint density at radius 3 is 2.53 bits per heavy atom. The van der Waals surface area contributed by atoms with Gasteiger partial charge in [0.1, 0.15) is 0 Å². The number of esters is 1.